The minimum atomic E-state index is -0.733. The van der Waals surface area contributed by atoms with Gasteiger partial charge in [-0.15, -0.1) is 0 Å². The number of imide groups is 1. The van der Waals surface area contributed by atoms with Crippen LogP contribution in [0.3, 0.4) is 0 Å². The monoisotopic (exact) mass is 175 g/mol. The van der Waals surface area contributed by atoms with E-state index < -0.39 is 6.03 Å². The summed E-state index contributed by atoms with van der Waals surface area (Å²) in [5, 5.41) is 0. The van der Waals surface area contributed by atoms with Gasteiger partial charge in [0.05, 0.1) is 12.1 Å². The zero-order valence-electron chi connectivity index (χ0n) is 6.78. The molecule has 13 heavy (non-hydrogen) atoms. The topological polar surface area (TPSA) is 63.4 Å². The Balaban J connectivity index is 2.52. The van der Waals surface area contributed by atoms with Gasteiger partial charge >= 0.3 is 6.03 Å². The standard InChI is InChI=1S/C9H7N2O2/c10-9(13)11-7-4-2-1-3-6(7)5-8(11)12/h1-2,4H,5H2,(H2,10,13). The van der Waals surface area contributed by atoms with Crippen molar-refractivity contribution in [1.29, 1.82) is 0 Å². The Morgan fingerprint density at radius 1 is 1.62 bits per heavy atom. The summed E-state index contributed by atoms with van der Waals surface area (Å²) in [6.07, 6.45) is 0.207. The molecule has 0 saturated carbocycles. The van der Waals surface area contributed by atoms with Gasteiger partial charge < -0.3 is 5.73 Å². The van der Waals surface area contributed by atoms with E-state index in [0.29, 0.717) is 5.69 Å². The highest BCUT2D eigenvalue weighted by molar-refractivity contribution is 6.18. The molecule has 0 saturated heterocycles. The number of amides is 3. The van der Waals surface area contributed by atoms with E-state index in [1.165, 1.54) is 0 Å². The van der Waals surface area contributed by atoms with Crippen LogP contribution < -0.4 is 10.6 Å². The lowest BCUT2D eigenvalue weighted by atomic mass is 10.2. The normalized spacial score (nSPS) is 14.5. The maximum atomic E-state index is 11.3. The zero-order chi connectivity index (χ0) is 9.42. The molecular weight excluding hydrogens is 168 g/mol. The fourth-order valence-electron chi connectivity index (χ4n) is 1.42. The molecule has 2 N–H and O–H groups in total. The summed E-state index contributed by atoms with van der Waals surface area (Å²) in [7, 11) is 0. The molecule has 0 bridgehead atoms. The molecule has 1 aliphatic heterocycles. The summed E-state index contributed by atoms with van der Waals surface area (Å²) in [5.41, 5.74) is 6.34. The van der Waals surface area contributed by atoms with Crippen molar-refractivity contribution in [3.05, 3.63) is 29.8 Å². The van der Waals surface area contributed by atoms with Gasteiger partial charge in [0.1, 0.15) is 0 Å². The van der Waals surface area contributed by atoms with E-state index in [4.69, 9.17) is 5.73 Å². The van der Waals surface area contributed by atoms with Crippen molar-refractivity contribution < 1.29 is 9.59 Å². The summed E-state index contributed by atoms with van der Waals surface area (Å²) in [4.78, 5) is 23.1. The van der Waals surface area contributed by atoms with Crippen molar-refractivity contribution in [3.63, 3.8) is 0 Å². The highest BCUT2D eigenvalue weighted by Crippen LogP contribution is 2.27. The van der Waals surface area contributed by atoms with Gasteiger partial charge in [-0.2, -0.15) is 0 Å². The van der Waals surface area contributed by atoms with Gasteiger partial charge in [0.15, 0.2) is 0 Å². The van der Waals surface area contributed by atoms with Crippen molar-refractivity contribution in [2.75, 3.05) is 4.90 Å². The van der Waals surface area contributed by atoms with Crippen molar-refractivity contribution in [2.24, 2.45) is 5.73 Å². The Bertz CT molecular complexity index is 387. The molecule has 1 heterocycles. The van der Waals surface area contributed by atoms with Crippen molar-refractivity contribution >= 4 is 17.6 Å². The van der Waals surface area contributed by atoms with E-state index in [-0.39, 0.29) is 12.3 Å². The molecule has 0 spiro atoms. The number of fused-ring (bicyclic) bond motifs is 1. The first-order valence-electron chi connectivity index (χ1n) is 3.82. The maximum absolute atomic E-state index is 11.3. The Kier molecular flexibility index (Phi) is 1.55. The summed E-state index contributed by atoms with van der Waals surface area (Å²) >= 11 is 0. The summed E-state index contributed by atoms with van der Waals surface area (Å²) in [6.45, 7) is 0. The van der Waals surface area contributed by atoms with Gasteiger partial charge in [0.25, 0.3) is 0 Å². The summed E-state index contributed by atoms with van der Waals surface area (Å²) < 4.78 is 0. The highest BCUT2D eigenvalue weighted by atomic mass is 16.2. The van der Waals surface area contributed by atoms with Gasteiger partial charge in [0.2, 0.25) is 5.91 Å². The number of rotatable bonds is 0. The average molecular weight is 175 g/mol. The van der Waals surface area contributed by atoms with Gasteiger partial charge in [-0.05, 0) is 17.7 Å². The summed E-state index contributed by atoms with van der Waals surface area (Å²) in [6, 6.07) is 7.26. The summed E-state index contributed by atoms with van der Waals surface area (Å²) in [5.74, 6) is -0.287. The SMILES string of the molecule is NC(=O)N1C(=O)Cc2[c]cccc21. The first kappa shape index (κ1) is 7.79. The quantitative estimate of drug-likeness (QED) is 0.622. The first-order chi connectivity index (χ1) is 6.20. The van der Waals surface area contributed by atoms with Crippen LogP contribution in [0.4, 0.5) is 10.5 Å². The number of benzene rings is 1. The molecule has 0 aliphatic carbocycles. The molecule has 4 heteroatoms. The molecule has 1 aromatic rings. The Hall–Kier alpha value is -1.84. The van der Waals surface area contributed by atoms with E-state index >= 15 is 0 Å². The molecule has 1 aromatic carbocycles. The number of anilines is 1. The molecule has 2 rings (SSSR count). The second kappa shape index (κ2) is 2.58. The lowest BCUT2D eigenvalue weighted by Crippen LogP contribution is -2.38. The predicted octanol–water partition coefficient (Wildman–Crippen LogP) is 0.455. The van der Waals surface area contributed by atoms with E-state index in [9.17, 15) is 9.59 Å². The van der Waals surface area contributed by atoms with Gasteiger partial charge in [-0.1, -0.05) is 12.1 Å². The molecule has 0 aromatic heterocycles. The zero-order valence-corrected chi connectivity index (χ0v) is 6.78. The molecular formula is C9H7N2O2. The van der Waals surface area contributed by atoms with E-state index in [2.05, 4.69) is 6.07 Å². The van der Waals surface area contributed by atoms with Crippen LogP contribution in [0.2, 0.25) is 0 Å². The Labute approximate surface area is 74.9 Å². The average Bonchev–Trinajstić information content (AvgIpc) is 2.39. The van der Waals surface area contributed by atoms with Crippen LogP contribution in [-0.4, -0.2) is 11.9 Å². The fourth-order valence-corrected chi connectivity index (χ4v) is 1.42. The number of nitrogens with zero attached hydrogens (tertiary/aromatic N) is 1. The first-order valence-corrected chi connectivity index (χ1v) is 3.82. The van der Waals surface area contributed by atoms with Gasteiger partial charge in [0, 0.05) is 0 Å². The van der Waals surface area contributed by atoms with Crippen molar-refractivity contribution in [3.8, 4) is 0 Å². The van der Waals surface area contributed by atoms with Gasteiger partial charge in [-0.25, -0.2) is 9.69 Å². The van der Waals surface area contributed by atoms with Crippen LogP contribution in [0, 0.1) is 6.07 Å². The second-order valence-corrected chi connectivity index (χ2v) is 2.78. The number of nitrogens with two attached hydrogens (primary N) is 1. The number of hydrogen-bond acceptors (Lipinski definition) is 2. The molecule has 0 atom stereocenters. The van der Waals surface area contributed by atoms with Crippen molar-refractivity contribution in [2.45, 2.75) is 6.42 Å². The van der Waals surface area contributed by atoms with Crippen LogP contribution in [-0.2, 0) is 11.2 Å². The fraction of sp³-hybridized carbons (Fsp3) is 0.111. The minimum absolute atomic E-state index is 0.207. The maximum Gasteiger partial charge on any atom is 0.326 e. The molecule has 3 amide bonds. The largest absolute Gasteiger partial charge is 0.351 e. The van der Waals surface area contributed by atoms with E-state index in [0.717, 1.165) is 10.5 Å². The molecule has 1 radical (unpaired) electrons. The Morgan fingerprint density at radius 3 is 3.08 bits per heavy atom. The lowest BCUT2D eigenvalue weighted by Gasteiger charge is -2.10. The Morgan fingerprint density at radius 2 is 2.38 bits per heavy atom. The lowest BCUT2D eigenvalue weighted by molar-refractivity contribution is -0.116. The molecule has 0 fully saturated rings. The smallest absolute Gasteiger partial charge is 0.326 e. The highest BCUT2D eigenvalue weighted by Gasteiger charge is 2.30. The van der Waals surface area contributed by atoms with Crippen LogP contribution in [0.15, 0.2) is 18.2 Å². The van der Waals surface area contributed by atoms with Crippen LogP contribution in [0.1, 0.15) is 5.56 Å². The van der Waals surface area contributed by atoms with Crippen LogP contribution in [0.25, 0.3) is 0 Å². The molecule has 65 valence electrons. The van der Waals surface area contributed by atoms with Crippen LogP contribution >= 0.6 is 0 Å². The third-order valence-electron chi connectivity index (χ3n) is 1.96. The number of hydrogen-bond donors (Lipinski definition) is 1. The number of primary amides is 1. The third-order valence-corrected chi connectivity index (χ3v) is 1.96. The van der Waals surface area contributed by atoms with E-state index in [1.807, 2.05) is 0 Å². The molecule has 4 nitrogen and oxygen atoms in total. The molecule has 1 aliphatic rings. The third kappa shape index (κ3) is 1.07. The number of carbonyl (C=O) groups excluding carboxylic acids is 2. The van der Waals surface area contributed by atoms with Gasteiger partial charge in [-0.3, -0.25) is 4.79 Å². The number of urea groups is 1. The number of carbonyl (C=O) groups is 2. The second-order valence-electron chi connectivity index (χ2n) is 2.78. The predicted molar refractivity (Wildman–Crippen MR) is 46.1 cm³/mol. The van der Waals surface area contributed by atoms with Crippen molar-refractivity contribution in [1.82, 2.24) is 0 Å². The van der Waals surface area contributed by atoms with E-state index in [1.54, 1.807) is 18.2 Å². The molecule has 0 unspecified atom stereocenters. The minimum Gasteiger partial charge on any atom is -0.351 e. The van der Waals surface area contributed by atoms with Crippen LogP contribution in [0.5, 0.6) is 0 Å².